The van der Waals surface area contributed by atoms with E-state index in [0.29, 0.717) is 16.1 Å². The van der Waals surface area contributed by atoms with E-state index in [0.717, 1.165) is 11.3 Å². The molecule has 0 fully saturated rings. The molecular formula is C15H15ClN4O2S. The minimum Gasteiger partial charge on any atom is -0.467 e. The first-order valence-corrected chi connectivity index (χ1v) is 8.27. The zero-order valence-electron chi connectivity index (χ0n) is 12.6. The fourth-order valence-corrected chi connectivity index (χ4v) is 2.12. The van der Waals surface area contributed by atoms with Gasteiger partial charge in [0.15, 0.2) is 11.8 Å². The number of ether oxygens (including phenoxy) is 1. The summed E-state index contributed by atoms with van der Waals surface area (Å²) in [6.45, 7) is 1.66. The molecule has 1 aromatic heterocycles. The molecule has 1 amide bonds. The van der Waals surface area contributed by atoms with Gasteiger partial charge >= 0.3 is 0 Å². The number of thioether (sulfide) groups is 1. The number of hydrazone groups is 1. The molecule has 1 heterocycles. The first-order chi connectivity index (χ1) is 11.1. The standard InChI is InChI=1S/C15H15ClN4O2S/c1-10-7-14(19-15(18-10)23-2)22-9-13(21)20-17-8-11-3-5-12(16)6-4-11/h3-8H,9H2,1-2H3,(H,20,21)/b17-8+. The zero-order valence-corrected chi connectivity index (χ0v) is 14.2. The third kappa shape index (κ3) is 5.88. The number of nitrogens with one attached hydrogen (secondary N) is 1. The van der Waals surface area contributed by atoms with Gasteiger partial charge in [-0.3, -0.25) is 4.79 Å². The molecule has 0 aliphatic rings. The van der Waals surface area contributed by atoms with Crippen LogP contribution < -0.4 is 10.2 Å². The summed E-state index contributed by atoms with van der Waals surface area (Å²) in [7, 11) is 0. The molecule has 2 rings (SSSR count). The second kappa shape index (κ2) is 8.50. The molecule has 0 bridgehead atoms. The van der Waals surface area contributed by atoms with E-state index in [2.05, 4.69) is 20.5 Å². The molecule has 1 aromatic carbocycles. The van der Waals surface area contributed by atoms with Crippen LogP contribution in [0.15, 0.2) is 40.6 Å². The van der Waals surface area contributed by atoms with Gasteiger partial charge in [-0.2, -0.15) is 10.1 Å². The summed E-state index contributed by atoms with van der Waals surface area (Å²) < 4.78 is 5.34. The summed E-state index contributed by atoms with van der Waals surface area (Å²) in [6.07, 6.45) is 3.39. The normalized spacial score (nSPS) is 10.7. The summed E-state index contributed by atoms with van der Waals surface area (Å²) in [6, 6.07) is 8.75. The Balaban J connectivity index is 1.83. The molecule has 2 aromatic rings. The number of carbonyl (C=O) groups is 1. The maximum atomic E-state index is 11.7. The highest BCUT2D eigenvalue weighted by Gasteiger charge is 2.05. The van der Waals surface area contributed by atoms with Crippen molar-refractivity contribution in [3.8, 4) is 5.88 Å². The first-order valence-electron chi connectivity index (χ1n) is 6.67. The predicted molar refractivity (Wildman–Crippen MR) is 91.2 cm³/mol. The van der Waals surface area contributed by atoms with Crippen molar-refractivity contribution in [2.75, 3.05) is 12.9 Å². The van der Waals surface area contributed by atoms with E-state index in [-0.39, 0.29) is 12.5 Å². The molecule has 0 saturated carbocycles. The van der Waals surface area contributed by atoms with E-state index in [1.54, 1.807) is 30.3 Å². The highest BCUT2D eigenvalue weighted by molar-refractivity contribution is 7.98. The Labute approximate surface area is 143 Å². The van der Waals surface area contributed by atoms with E-state index in [1.165, 1.54) is 18.0 Å². The van der Waals surface area contributed by atoms with E-state index >= 15 is 0 Å². The third-order valence-electron chi connectivity index (χ3n) is 2.62. The van der Waals surface area contributed by atoms with E-state index < -0.39 is 0 Å². The van der Waals surface area contributed by atoms with Gasteiger partial charge in [0.05, 0.1) is 6.21 Å². The quantitative estimate of drug-likeness (QED) is 0.375. The van der Waals surface area contributed by atoms with Crippen molar-refractivity contribution in [3.05, 3.63) is 46.6 Å². The molecule has 0 spiro atoms. The van der Waals surface area contributed by atoms with E-state index in [4.69, 9.17) is 16.3 Å². The molecule has 8 heteroatoms. The maximum Gasteiger partial charge on any atom is 0.278 e. The summed E-state index contributed by atoms with van der Waals surface area (Å²) >= 11 is 7.19. The van der Waals surface area contributed by atoms with Gasteiger partial charge in [0.25, 0.3) is 5.91 Å². The maximum absolute atomic E-state index is 11.7. The third-order valence-corrected chi connectivity index (χ3v) is 3.42. The minimum atomic E-state index is -0.378. The molecule has 120 valence electrons. The number of aryl methyl sites for hydroxylation is 1. The Morgan fingerprint density at radius 2 is 2.13 bits per heavy atom. The number of hydrogen-bond donors (Lipinski definition) is 1. The van der Waals surface area contributed by atoms with Crippen molar-refractivity contribution >= 4 is 35.5 Å². The summed E-state index contributed by atoms with van der Waals surface area (Å²) in [4.78, 5) is 20.0. The molecule has 0 atom stereocenters. The number of carbonyl (C=O) groups excluding carboxylic acids is 1. The van der Waals surface area contributed by atoms with Crippen LogP contribution in [-0.2, 0) is 4.79 Å². The Kier molecular flexibility index (Phi) is 6.37. The van der Waals surface area contributed by atoms with Crippen molar-refractivity contribution < 1.29 is 9.53 Å². The van der Waals surface area contributed by atoms with Crippen molar-refractivity contribution in [3.63, 3.8) is 0 Å². The highest BCUT2D eigenvalue weighted by Crippen LogP contribution is 2.15. The lowest BCUT2D eigenvalue weighted by atomic mass is 10.2. The Bertz CT molecular complexity index is 707. The fraction of sp³-hybridized carbons (Fsp3) is 0.200. The molecule has 0 saturated heterocycles. The number of nitrogens with zero attached hydrogens (tertiary/aromatic N) is 3. The van der Waals surface area contributed by atoms with Crippen LogP contribution in [0.25, 0.3) is 0 Å². The van der Waals surface area contributed by atoms with Crippen molar-refractivity contribution in [1.82, 2.24) is 15.4 Å². The van der Waals surface area contributed by atoms with E-state index in [9.17, 15) is 4.79 Å². The van der Waals surface area contributed by atoms with Crippen molar-refractivity contribution in [1.29, 1.82) is 0 Å². The number of amides is 1. The molecule has 0 aliphatic carbocycles. The van der Waals surface area contributed by atoms with Crippen molar-refractivity contribution in [2.24, 2.45) is 5.10 Å². The zero-order chi connectivity index (χ0) is 16.7. The van der Waals surface area contributed by atoms with Crippen LogP contribution >= 0.6 is 23.4 Å². The minimum absolute atomic E-state index is 0.178. The van der Waals surface area contributed by atoms with Crippen molar-refractivity contribution in [2.45, 2.75) is 12.1 Å². The average Bonchev–Trinajstić information content (AvgIpc) is 2.54. The van der Waals surface area contributed by atoms with Crippen LogP contribution in [0.4, 0.5) is 0 Å². The summed E-state index contributed by atoms with van der Waals surface area (Å²) in [5.74, 6) is -0.0177. The molecular weight excluding hydrogens is 336 g/mol. The molecule has 1 N–H and O–H groups in total. The SMILES string of the molecule is CSc1nc(C)cc(OCC(=O)N/N=C/c2ccc(Cl)cc2)n1. The second-order valence-corrected chi connectivity index (χ2v) is 5.68. The number of hydrogen-bond acceptors (Lipinski definition) is 6. The van der Waals surface area contributed by atoms with Crippen LogP contribution in [-0.4, -0.2) is 35.0 Å². The second-order valence-electron chi connectivity index (χ2n) is 4.47. The molecule has 6 nitrogen and oxygen atoms in total. The Hall–Kier alpha value is -2.12. The lowest BCUT2D eigenvalue weighted by Crippen LogP contribution is -2.24. The van der Waals surface area contributed by atoms with Gasteiger partial charge < -0.3 is 4.74 Å². The number of halogens is 1. The number of rotatable bonds is 6. The van der Waals surface area contributed by atoms with Gasteiger partial charge in [0.1, 0.15) is 0 Å². The van der Waals surface area contributed by atoms with Gasteiger partial charge in [0.2, 0.25) is 5.88 Å². The average molecular weight is 351 g/mol. The molecule has 0 radical (unpaired) electrons. The van der Waals surface area contributed by atoms with Crippen LogP contribution in [0, 0.1) is 6.92 Å². The topological polar surface area (TPSA) is 76.5 Å². The first kappa shape index (κ1) is 17.2. The lowest BCUT2D eigenvalue weighted by molar-refractivity contribution is -0.123. The molecule has 0 unspecified atom stereocenters. The molecule has 23 heavy (non-hydrogen) atoms. The smallest absolute Gasteiger partial charge is 0.278 e. The summed E-state index contributed by atoms with van der Waals surface area (Å²) in [5, 5.41) is 5.09. The summed E-state index contributed by atoms with van der Waals surface area (Å²) in [5.41, 5.74) is 3.99. The predicted octanol–water partition coefficient (Wildman–Crippen LogP) is 2.69. The van der Waals surface area contributed by atoms with Crippen LogP contribution in [0.5, 0.6) is 5.88 Å². The Morgan fingerprint density at radius 3 is 2.83 bits per heavy atom. The van der Waals surface area contributed by atoms with Gasteiger partial charge in [-0.25, -0.2) is 10.4 Å². The number of aromatic nitrogens is 2. The van der Waals surface area contributed by atoms with Crippen LogP contribution in [0.2, 0.25) is 5.02 Å². The van der Waals surface area contributed by atoms with Crippen LogP contribution in [0.1, 0.15) is 11.3 Å². The highest BCUT2D eigenvalue weighted by atomic mass is 35.5. The Morgan fingerprint density at radius 1 is 1.39 bits per heavy atom. The lowest BCUT2D eigenvalue weighted by Gasteiger charge is -2.06. The largest absolute Gasteiger partial charge is 0.467 e. The monoisotopic (exact) mass is 350 g/mol. The van der Waals surface area contributed by atoms with Gasteiger partial charge in [-0.1, -0.05) is 35.5 Å². The van der Waals surface area contributed by atoms with Gasteiger partial charge in [0, 0.05) is 16.8 Å². The van der Waals surface area contributed by atoms with Gasteiger partial charge in [-0.15, -0.1) is 0 Å². The van der Waals surface area contributed by atoms with E-state index in [1.807, 2.05) is 13.2 Å². The van der Waals surface area contributed by atoms with Crippen LogP contribution in [0.3, 0.4) is 0 Å². The van der Waals surface area contributed by atoms with Gasteiger partial charge in [-0.05, 0) is 30.9 Å². The number of benzene rings is 1. The fourth-order valence-electron chi connectivity index (χ4n) is 1.58. The molecule has 0 aliphatic heterocycles.